The first-order chi connectivity index (χ1) is 5.29. The number of benzene rings is 1. The topological polar surface area (TPSA) is 12.0 Å². The molecule has 0 aliphatic carbocycles. The van der Waals surface area contributed by atoms with Gasteiger partial charge in [-0.15, -0.1) is 0 Å². The molecule has 0 aromatic heterocycles. The first kappa shape index (κ1) is 8.05. The van der Waals surface area contributed by atoms with Crippen LogP contribution in [0, 0.1) is 5.82 Å². The van der Waals surface area contributed by atoms with Gasteiger partial charge in [0.15, 0.2) is 0 Å². The van der Waals surface area contributed by atoms with Crippen molar-refractivity contribution in [1.82, 2.24) is 0 Å². The van der Waals surface area contributed by atoms with Crippen LogP contribution in [-0.4, -0.2) is 7.05 Å². The Morgan fingerprint density at radius 2 is 2.18 bits per heavy atom. The predicted molar refractivity (Wildman–Crippen MR) is 45.3 cm³/mol. The molecule has 0 saturated carbocycles. The van der Waals surface area contributed by atoms with Crippen LogP contribution in [0.2, 0.25) is 0 Å². The van der Waals surface area contributed by atoms with Gasteiger partial charge >= 0.3 is 0 Å². The van der Waals surface area contributed by atoms with Gasteiger partial charge in [0.2, 0.25) is 0 Å². The zero-order chi connectivity index (χ0) is 8.27. The van der Waals surface area contributed by atoms with E-state index in [-0.39, 0.29) is 5.82 Å². The van der Waals surface area contributed by atoms with Crippen LogP contribution >= 0.6 is 0 Å². The molecule has 60 valence electrons. The second-order valence-corrected chi connectivity index (χ2v) is 2.38. The van der Waals surface area contributed by atoms with Gasteiger partial charge < -0.3 is 5.32 Å². The molecule has 1 nitrogen and oxygen atoms in total. The van der Waals surface area contributed by atoms with Gasteiger partial charge in [-0.3, -0.25) is 0 Å². The molecule has 1 aromatic rings. The number of nitrogens with one attached hydrogen (secondary N) is 1. The van der Waals surface area contributed by atoms with E-state index in [0.717, 1.165) is 12.0 Å². The van der Waals surface area contributed by atoms with Gasteiger partial charge in [0, 0.05) is 7.05 Å². The highest BCUT2D eigenvalue weighted by Crippen LogP contribution is 2.18. The Hall–Kier alpha value is -1.05. The minimum Gasteiger partial charge on any atom is -0.386 e. The number of halogens is 1. The Morgan fingerprint density at radius 1 is 1.45 bits per heavy atom. The number of hydrogen-bond donors (Lipinski definition) is 1. The van der Waals surface area contributed by atoms with Gasteiger partial charge in [0.05, 0.1) is 5.69 Å². The Kier molecular flexibility index (Phi) is 2.47. The summed E-state index contributed by atoms with van der Waals surface area (Å²) in [7, 11) is 1.73. The summed E-state index contributed by atoms with van der Waals surface area (Å²) in [5.74, 6) is -0.174. The summed E-state index contributed by atoms with van der Waals surface area (Å²) < 4.78 is 13.0. The van der Waals surface area contributed by atoms with Gasteiger partial charge in [-0.2, -0.15) is 0 Å². The molecular formula is C9H12FN. The summed E-state index contributed by atoms with van der Waals surface area (Å²) in [5, 5.41) is 2.84. The van der Waals surface area contributed by atoms with Crippen molar-refractivity contribution in [3.63, 3.8) is 0 Å². The molecule has 0 fully saturated rings. The third-order valence-corrected chi connectivity index (χ3v) is 1.73. The van der Waals surface area contributed by atoms with E-state index >= 15 is 0 Å². The van der Waals surface area contributed by atoms with E-state index in [4.69, 9.17) is 0 Å². The second kappa shape index (κ2) is 3.37. The number of hydrogen-bond acceptors (Lipinski definition) is 1. The molecule has 0 amide bonds. The summed E-state index contributed by atoms with van der Waals surface area (Å²) in [4.78, 5) is 0. The van der Waals surface area contributed by atoms with Crippen LogP contribution in [0.3, 0.4) is 0 Å². The third kappa shape index (κ3) is 1.50. The molecule has 1 rings (SSSR count). The molecule has 11 heavy (non-hydrogen) atoms. The van der Waals surface area contributed by atoms with Crippen LogP contribution in [0.1, 0.15) is 12.5 Å². The van der Waals surface area contributed by atoms with Crippen molar-refractivity contribution in [2.45, 2.75) is 13.3 Å². The lowest BCUT2D eigenvalue weighted by atomic mass is 10.1. The highest BCUT2D eigenvalue weighted by atomic mass is 19.1. The van der Waals surface area contributed by atoms with Gasteiger partial charge in [0.25, 0.3) is 0 Å². The molecule has 0 bridgehead atoms. The average Bonchev–Trinajstić information content (AvgIpc) is 2.04. The molecule has 0 aliphatic heterocycles. The molecule has 0 atom stereocenters. The Morgan fingerprint density at radius 3 is 2.64 bits per heavy atom. The van der Waals surface area contributed by atoms with Crippen molar-refractivity contribution in [1.29, 1.82) is 0 Å². The van der Waals surface area contributed by atoms with Gasteiger partial charge in [-0.25, -0.2) is 4.39 Å². The Labute approximate surface area is 66.2 Å². The Bertz CT molecular complexity index is 245. The summed E-state index contributed by atoms with van der Waals surface area (Å²) >= 11 is 0. The monoisotopic (exact) mass is 153 g/mol. The van der Waals surface area contributed by atoms with Crippen molar-refractivity contribution >= 4 is 5.69 Å². The minimum atomic E-state index is -0.174. The maximum absolute atomic E-state index is 13.0. The highest BCUT2D eigenvalue weighted by Gasteiger charge is 2.02. The summed E-state index contributed by atoms with van der Waals surface area (Å²) in [6.07, 6.45) is 0.855. The highest BCUT2D eigenvalue weighted by molar-refractivity contribution is 5.51. The number of anilines is 1. The number of aryl methyl sites for hydroxylation is 1. The van der Waals surface area contributed by atoms with E-state index in [0.29, 0.717) is 5.69 Å². The SMILES string of the molecule is CCc1cccc(F)c1NC. The normalized spacial score (nSPS) is 9.73. The zero-order valence-electron chi connectivity index (χ0n) is 6.82. The fourth-order valence-corrected chi connectivity index (χ4v) is 1.14. The van der Waals surface area contributed by atoms with E-state index in [9.17, 15) is 4.39 Å². The zero-order valence-corrected chi connectivity index (χ0v) is 6.82. The van der Waals surface area contributed by atoms with E-state index in [2.05, 4.69) is 5.32 Å². The molecule has 1 N–H and O–H groups in total. The van der Waals surface area contributed by atoms with Crippen LogP contribution < -0.4 is 5.32 Å². The molecular weight excluding hydrogens is 141 g/mol. The number of para-hydroxylation sites is 1. The maximum atomic E-state index is 13.0. The number of rotatable bonds is 2. The van der Waals surface area contributed by atoms with E-state index in [1.807, 2.05) is 13.0 Å². The fourth-order valence-electron chi connectivity index (χ4n) is 1.14. The van der Waals surface area contributed by atoms with Crippen molar-refractivity contribution < 1.29 is 4.39 Å². The largest absolute Gasteiger partial charge is 0.386 e. The second-order valence-electron chi connectivity index (χ2n) is 2.38. The molecule has 2 heteroatoms. The van der Waals surface area contributed by atoms with E-state index < -0.39 is 0 Å². The van der Waals surface area contributed by atoms with Crippen LogP contribution in [0.25, 0.3) is 0 Å². The molecule has 0 spiro atoms. The molecule has 0 heterocycles. The first-order valence-corrected chi connectivity index (χ1v) is 3.74. The molecule has 0 unspecified atom stereocenters. The molecule has 0 radical (unpaired) electrons. The molecule has 0 aliphatic rings. The van der Waals surface area contributed by atoms with E-state index in [1.54, 1.807) is 13.1 Å². The summed E-state index contributed by atoms with van der Waals surface area (Å²) in [6, 6.07) is 5.12. The molecule has 1 aromatic carbocycles. The Balaban J connectivity index is 3.13. The average molecular weight is 153 g/mol. The van der Waals surface area contributed by atoms with Crippen LogP contribution in [0.4, 0.5) is 10.1 Å². The summed E-state index contributed by atoms with van der Waals surface area (Å²) in [5.41, 5.74) is 1.64. The van der Waals surface area contributed by atoms with Gasteiger partial charge in [-0.1, -0.05) is 19.1 Å². The molecule has 0 saturated heterocycles. The lowest BCUT2D eigenvalue weighted by Gasteiger charge is -2.06. The lowest BCUT2D eigenvalue weighted by Crippen LogP contribution is -1.97. The third-order valence-electron chi connectivity index (χ3n) is 1.73. The van der Waals surface area contributed by atoms with Crippen molar-refractivity contribution in [3.8, 4) is 0 Å². The van der Waals surface area contributed by atoms with Crippen molar-refractivity contribution in [2.24, 2.45) is 0 Å². The van der Waals surface area contributed by atoms with E-state index in [1.165, 1.54) is 6.07 Å². The lowest BCUT2D eigenvalue weighted by molar-refractivity contribution is 0.629. The standard InChI is InChI=1S/C9H12FN/c1-3-7-5-4-6-8(10)9(7)11-2/h4-6,11H,3H2,1-2H3. The predicted octanol–water partition coefficient (Wildman–Crippen LogP) is 2.43. The minimum absolute atomic E-state index is 0.174. The summed E-state index contributed by atoms with van der Waals surface area (Å²) in [6.45, 7) is 2.01. The van der Waals surface area contributed by atoms with Crippen molar-refractivity contribution in [2.75, 3.05) is 12.4 Å². The smallest absolute Gasteiger partial charge is 0.146 e. The van der Waals surface area contributed by atoms with Crippen LogP contribution in [0.5, 0.6) is 0 Å². The van der Waals surface area contributed by atoms with Crippen LogP contribution in [0.15, 0.2) is 18.2 Å². The van der Waals surface area contributed by atoms with Gasteiger partial charge in [0.1, 0.15) is 5.82 Å². The fraction of sp³-hybridized carbons (Fsp3) is 0.333. The maximum Gasteiger partial charge on any atom is 0.146 e. The van der Waals surface area contributed by atoms with Crippen molar-refractivity contribution in [3.05, 3.63) is 29.6 Å². The van der Waals surface area contributed by atoms with Crippen LogP contribution in [-0.2, 0) is 6.42 Å². The van der Waals surface area contributed by atoms with Gasteiger partial charge in [-0.05, 0) is 18.1 Å². The quantitative estimate of drug-likeness (QED) is 0.688. The first-order valence-electron chi connectivity index (χ1n) is 3.74.